The molecule has 20 heavy (non-hydrogen) atoms. The van der Waals surface area contributed by atoms with Gasteiger partial charge in [0, 0.05) is 7.05 Å². The maximum Gasteiger partial charge on any atom is 0.324 e. The molecule has 6 heteroatoms. The summed E-state index contributed by atoms with van der Waals surface area (Å²) >= 11 is 0. The maximum absolute atomic E-state index is 12.4. The Labute approximate surface area is 120 Å². The highest BCUT2D eigenvalue weighted by molar-refractivity contribution is 7.89. The van der Waals surface area contributed by atoms with Crippen molar-refractivity contribution >= 4 is 16.0 Å². The fourth-order valence-corrected chi connectivity index (χ4v) is 3.09. The van der Waals surface area contributed by atoms with Crippen molar-refractivity contribution in [2.24, 2.45) is 0 Å². The molecule has 1 aromatic rings. The number of rotatable bonds is 5. The van der Waals surface area contributed by atoms with Gasteiger partial charge in [0.15, 0.2) is 0 Å². The van der Waals surface area contributed by atoms with E-state index >= 15 is 0 Å². The second kappa shape index (κ2) is 5.54. The zero-order valence-corrected chi connectivity index (χ0v) is 13.2. The van der Waals surface area contributed by atoms with Crippen LogP contribution < -0.4 is 0 Å². The molecule has 0 amide bonds. The third-order valence-electron chi connectivity index (χ3n) is 3.52. The molecule has 5 nitrogen and oxygen atoms in total. The van der Waals surface area contributed by atoms with Crippen LogP contribution in [0.15, 0.2) is 29.2 Å². The molecule has 0 atom stereocenters. The van der Waals surface area contributed by atoms with Gasteiger partial charge in [0.05, 0.1) is 4.90 Å². The Morgan fingerprint density at radius 1 is 1.20 bits per heavy atom. The van der Waals surface area contributed by atoms with Crippen LogP contribution >= 0.6 is 0 Å². The average molecular weight is 299 g/mol. The summed E-state index contributed by atoms with van der Waals surface area (Å²) in [6.45, 7) is 6.75. The normalized spacial score (nSPS) is 12.9. The number of likely N-dealkylation sites (N-methyl/N-ethyl adjacent to an activating group) is 1. The molecule has 0 unspecified atom stereocenters. The summed E-state index contributed by atoms with van der Waals surface area (Å²) in [7, 11) is -2.55. The lowest BCUT2D eigenvalue weighted by molar-refractivity contribution is -0.145. The number of carboxylic acids is 1. The van der Waals surface area contributed by atoms with Crippen LogP contribution in [0, 0.1) is 0 Å². The van der Waals surface area contributed by atoms with E-state index in [2.05, 4.69) is 0 Å². The fourth-order valence-electron chi connectivity index (χ4n) is 1.62. The molecule has 112 valence electrons. The fraction of sp³-hybridized carbons (Fsp3) is 0.500. The van der Waals surface area contributed by atoms with Crippen LogP contribution in [-0.2, 0) is 14.8 Å². The Morgan fingerprint density at radius 2 is 1.65 bits per heavy atom. The highest BCUT2D eigenvalue weighted by Gasteiger charge is 2.40. The van der Waals surface area contributed by atoms with E-state index < -0.39 is 21.5 Å². The summed E-state index contributed by atoms with van der Waals surface area (Å²) in [4.78, 5) is 11.3. The lowest BCUT2D eigenvalue weighted by Gasteiger charge is -2.30. The summed E-state index contributed by atoms with van der Waals surface area (Å²) in [5, 5.41) is 9.13. The summed E-state index contributed by atoms with van der Waals surface area (Å²) in [6.07, 6.45) is 0. The van der Waals surface area contributed by atoms with Crippen LogP contribution in [0.25, 0.3) is 0 Å². The van der Waals surface area contributed by atoms with Crippen molar-refractivity contribution < 1.29 is 18.3 Å². The number of benzene rings is 1. The van der Waals surface area contributed by atoms with Crippen molar-refractivity contribution in [2.75, 3.05) is 7.05 Å². The molecule has 0 bridgehead atoms. The summed E-state index contributed by atoms with van der Waals surface area (Å²) in [5.74, 6) is -0.887. The van der Waals surface area contributed by atoms with Crippen LogP contribution in [0.1, 0.15) is 39.2 Å². The Kier molecular flexibility index (Phi) is 4.61. The van der Waals surface area contributed by atoms with Gasteiger partial charge in [-0.25, -0.2) is 8.42 Å². The Balaban J connectivity index is 3.20. The molecule has 0 aromatic heterocycles. The van der Waals surface area contributed by atoms with Crippen LogP contribution in [0.3, 0.4) is 0 Å². The first-order chi connectivity index (χ1) is 9.01. The second-order valence-corrected chi connectivity index (χ2v) is 7.53. The molecule has 0 aliphatic heterocycles. The van der Waals surface area contributed by atoms with Crippen molar-refractivity contribution in [3.63, 3.8) is 0 Å². The minimum absolute atomic E-state index is 0.0960. The van der Waals surface area contributed by atoms with Gasteiger partial charge in [-0.2, -0.15) is 4.31 Å². The van der Waals surface area contributed by atoms with E-state index in [-0.39, 0.29) is 4.90 Å². The van der Waals surface area contributed by atoms with Crippen molar-refractivity contribution in [3.8, 4) is 0 Å². The van der Waals surface area contributed by atoms with Crippen molar-refractivity contribution in [1.29, 1.82) is 0 Å². The van der Waals surface area contributed by atoms with Gasteiger partial charge >= 0.3 is 5.97 Å². The molecule has 0 fully saturated rings. The first kappa shape index (κ1) is 16.7. The van der Waals surface area contributed by atoms with Crippen LogP contribution in [0.5, 0.6) is 0 Å². The minimum Gasteiger partial charge on any atom is -0.480 e. The Hall–Kier alpha value is -1.40. The van der Waals surface area contributed by atoms with Crippen molar-refractivity contribution in [2.45, 2.75) is 44.0 Å². The number of hydrogen-bond donors (Lipinski definition) is 1. The molecular formula is C14H21NO4S. The highest BCUT2D eigenvalue weighted by atomic mass is 32.2. The lowest BCUT2D eigenvalue weighted by Crippen LogP contribution is -2.50. The van der Waals surface area contributed by atoms with Crippen LogP contribution in [0.2, 0.25) is 0 Å². The Morgan fingerprint density at radius 3 is 2.00 bits per heavy atom. The van der Waals surface area contributed by atoms with Crippen LogP contribution in [-0.4, -0.2) is 36.4 Å². The van der Waals surface area contributed by atoms with Gasteiger partial charge in [-0.15, -0.1) is 0 Å². The predicted octanol–water partition coefficient (Wildman–Crippen LogP) is 2.29. The third-order valence-corrected chi connectivity index (χ3v) is 5.56. The number of carbonyl (C=O) groups is 1. The third kappa shape index (κ3) is 3.02. The first-order valence-electron chi connectivity index (χ1n) is 6.33. The van der Waals surface area contributed by atoms with E-state index in [9.17, 15) is 13.2 Å². The number of hydrogen-bond acceptors (Lipinski definition) is 3. The molecule has 1 aromatic carbocycles. The standard InChI is InChI=1S/C14H21NO4S/c1-10(2)11-6-8-12(9-7-11)20(18,19)15(5)14(3,4)13(16)17/h6-10H,1-5H3,(H,16,17). The van der Waals surface area contributed by atoms with Gasteiger partial charge in [-0.3, -0.25) is 4.79 Å². The average Bonchev–Trinajstić information content (AvgIpc) is 2.37. The van der Waals surface area contributed by atoms with Gasteiger partial charge in [-0.1, -0.05) is 26.0 Å². The number of sulfonamides is 1. The number of aliphatic carboxylic acids is 1. The Bertz CT molecular complexity index is 588. The lowest BCUT2D eigenvalue weighted by atomic mass is 10.0. The van der Waals surface area contributed by atoms with E-state index in [0.29, 0.717) is 5.92 Å². The zero-order chi connectivity index (χ0) is 15.7. The maximum atomic E-state index is 12.4. The first-order valence-corrected chi connectivity index (χ1v) is 7.77. The molecule has 1 rings (SSSR count). The SMILES string of the molecule is CC(C)c1ccc(S(=O)(=O)N(C)C(C)(C)C(=O)O)cc1. The number of nitrogens with zero attached hydrogens (tertiary/aromatic N) is 1. The van der Waals surface area contributed by atoms with Gasteiger partial charge in [0.2, 0.25) is 10.0 Å². The van der Waals surface area contributed by atoms with E-state index in [1.54, 1.807) is 12.1 Å². The molecular weight excluding hydrogens is 278 g/mol. The van der Waals surface area contributed by atoms with Crippen molar-refractivity contribution in [3.05, 3.63) is 29.8 Å². The minimum atomic E-state index is -3.83. The highest BCUT2D eigenvalue weighted by Crippen LogP contribution is 2.24. The summed E-state index contributed by atoms with van der Waals surface area (Å²) < 4.78 is 25.7. The molecule has 1 N–H and O–H groups in total. The van der Waals surface area contributed by atoms with E-state index in [0.717, 1.165) is 9.87 Å². The van der Waals surface area contributed by atoms with Gasteiger partial charge in [-0.05, 0) is 37.5 Å². The van der Waals surface area contributed by atoms with Gasteiger partial charge < -0.3 is 5.11 Å². The molecule has 0 saturated carbocycles. The van der Waals surface area contributed by atoms with E-state index in [1.807, 2.05) is 13.8 Å². The van der Waals surface area contributed by atoms with E-state index in [4.69, 9.17) is 5.11 Å². The molecule has 0 aliphatic carbocycles. The molecule has 0 spiro atoms. The van der Waals surface area contributed by atoms with Gasteiger partial charge in [0.1, 0.15) is 5.54 Å². The van der Waals surface area contributed by atoms with E-state index in [1.165, 1.54) is 33.0 Å². The predicted molar refractivity (Wildman–Crippen MR) is 77.2 cm³/mol. The van der Waals surface area contributed by atoms with Gasteiger partial charge in [0.25, 0.3) is 0 Å². The molecule has 0 radical (unpaired) electrons. The molecule has 0 saturated heterocycles. The smallest absolute Gasteiger partial charge is 0.324 e. The molecule has 0 heterocycles. The zero-order valence-electron chi connectivity index (χ0n) is 12.4. The molecule has 0 aliphatic rings. The summed E-state index contributed by atoms with van der Waals surface area (Å²) in [6, 6.07) is 6.52. The van der Waals surface area contributed by atoms with Crippen LogP contribution in [0.4, 0.5) is 0 Å². The monoisotopic (exact) mass is 299 g/mol. The summed E-state index contributed by atoms with van der Waals surface area (Å²) in [5.41, 5.74) is -0.473. The topological polar surface area (TPSA) is 74.7 Å². The second-order valence-electron chi connectivity index (χ2n) is 5.56. The quantitative estimate of drug-likeness (QED) is 0.905. The largest absolute Gasteiger partial charge is 0.480 e. The number of carboxylic acid groups (broad SMARTS) is 1. The van der Waals surface area contributed by atoms with Crippen molar-refractivity contribution in [1.82, 2.24) is 4.31 Å².